The molecule has 0 aromatic carbocycles. The Kier molecular flexibility index (Phi) is 4.60. The number of aliphatic carboxylic acids is 1. The zero-order valence-electron chi connectivity index (χ0n) is 10.8. The van der Waals surface area contributed by atoms with Crippen LogP contribution in [0.2, 0.25) is 0 Å². The first-order valence-electron chi connectivity index (χ1n) is 5.96. The van der Waals surface area contributed by atoms with Gasteiger partial charge in [-0.3, -0.25) is 4.79 Å². The fraction of sp³-hybridized carbons (Fsp3) is 0.818. The Balaban J connectivity index is 2.96. The Morgan fingerprint density at radius 3 is 2.53 bits per heavy atom. The summed E-state index contributed by atoms with van der Waals surface area (Å²) in [6, 6.07) is -0.168. The summed E-state index contributed by atoms with van der Waals surface area (Å²) in [6.07, 6.45) is 0.758. The van der Waals surface area contributed by atoms with Crippen molar-refractivity contribution in [1.29, 1.82) is 0 Å². The molecule has 96 valence electrons. The fourth-order valence-corrected chi connectivity index (χ4v) is 1.66. The first-order chi connectivity index (χ1) is 7.97. The highest BCUT2D eigenvalue weighted by Gasteiger charge is 2.23. The third kappa shape index (κ3) is 3.25. The average molecular weight is 240 g/mol. The van der Waals surface area contributed by atoms with Crippen LogP contribution < -0.4 is 0 Å². The Bertz CT molecular complexity index is 375. The van der Waals surface area contributed by atoms with Crippen LogP contribution in [0.3, 0.4) is 0 Å². The van der Waals surface area contributed by atoms with Gasteiger partial charge in [0.25, 0.3) is 0 Å². The highest BCUT2D eigenvalue weighted by molar-refractivity contribution is 5.67. The fourth-order valence-electron chi connectivity index (χ4n) is 1.66. The van der Waals surface area contributed by atoms with Crippen LogP contribution in [0.5, 0.6) is 0 Å². The second kappa shape index (κ2) is 5.75. The Morgan fingerprint density at radius 1 is 1.41 bits per heavy atom. The van der Waals surface area contributed by atoms with E-state index in [0.717, 1.165) is 5.82 Å². The maximum atomic E-state index is 10.8. The molecule has 17 heavy (non-hydrogen) atoms. The van der Waals surface area contributed by atoms with E-state index in [0.29, 0.717) is 12.3 Å². The molecule has 1 N–H and O–H groups in total. The number of carbonyl (C=O) groups is 1. The number of rotatable bonds is 6. The van der Waals surface area contributed by atoms with Gasteiger partial charge in [0.1, 0.15) is 0 Å². The number of tetrazole rings is 1. The topological polar surface area (TPSA) is 80.9 Å². The molecule has 1 heterocycles. The van der Waals surface area contributed by atoms with Gasteiger partial charge in [-0.25, -0.2) is 4.68 Å². The van der Waals surface area contributed by atoms with Gasteiger partial charge < -0.3 is 5.11 Å². The predicted molar refractivity (Wildman–Crippen MR) is 62.7 cm³/mol. The Hall–Kier alpha value is -1.46. The lowest BCUT2D eigenvalue weighted by molar-refractivity contribution is -0.138. The normalized spacial score (nSPS) is 14.9. The van der Waals surface area contributed by atoms with E-state index >= 15 is 0 Å². The van der Waals surface area contributed by atoms with Gasteiger partial charge in [0.05, 0.1) is 12.5 Å². The van der Waals surface area contributed by atoms with Gasteiger partial charge in [-0.1, -0.05) is 27.7 Å². The summed E-state index contributed by atoms with van der Waals surface area (Å²) in [6.45, 7) is 8.20. The van der Waals surface area contributed by atoms with Gasteiger partial charge in [0.15, 0.2) is 5.82 Å². The van der Waals surface area contributed by atoms with Gasteiger partial charge in [0.2, 0.25) is 0 Å². The first-order valence-corrected chi connectivity index (χ1v) is 5.96. The Morgan fingerprint density at radius 2 is 2.06 bits per heavy atom. The van der Waals surface area contributed by atoms with Crippen molar-refractivity contribution in [1.82, 2.24) is 20.2 Å². The van der Waals surface area contributed by atoms with E-state index < -0.39 is 5.97 Å². The monoisotopic (exact) mass is 240 g/mol. The molecule has 0 amide bonds. The van der Waals surface area contributed by atoms with E-state index in [1.54, 1.807) is 4.68 Å². The molecule has 0 radical (unpaired) electrons. The minimum absolute atomic E-state index is 0.0549. The van der Waals surface area contributed by atoms with Gasteiger partial charge in [0, 0.05) is 5.92 Å². The molecule has 0 aliphatic carbocycles. The lowest BCUT2D eigenvalue weighted by Gasteiger charge is -2.19. The third-order valence-corrected chi connectivity index (χ3v) is 3.15. The van der Waals surface area contributed by atoms with Gasteiger partial charge >= 0.3 is 5.97 Å². The van der Waals surface area contributed by atoms with Crippen LogP contribution in [0.1, 0.15) is 58.3 Å². The van der Waals surface area contributed by atoms with Crippen LogP contribution >= 0.6 is 0 Å². The minimum atomic E-state index is -0.824. The van der Waals surface area contributed by atoms with Crippen molar-refractivity contribution in [3.63, 3.8) is 0 Å². The van der Waals surface area contributed by atoms with E-state index in [9.17, 15) is 4.79 Å². The maximum absolute atomic E-state index is 10.8. The third-order valence-electron chi connectivity index (χ3n) is 3.15. The van der Waals surface area contributed by atoms with Crippen LogP contribution in [0, 0.1) is 5.92 Å². The number of aromatic nitrogens is 4. The zero-order chi connectivity index (χ0) is 13.0. The summed E-state index contributed by atoms with van der Waals surface area (Å²) in [5.74, 6) is 0.582. The molecule has 0 fully saturated rings. The highest BCUT2D eigenvalue weighted by Crippen LogP contribution is 2.25. The SMILES string of the molecule is CCC(CC(=O)O)n1nnnc1C(C)C(C)C. The molecule has 0 aliphatic rings. The summed E-state index contributed by atoms with van der Waals surface area (Å²) in [5, 5.41) is 20.5. The zero-order valence-corrected chi connectivity index (χ0v) is 10.8. The molecule has 1 aromatic heterocycles. The van der Waals surface area contributed by atoms with E-state index in [4.69, 9.17) is 5.11 Å². The standard InChI is InChI=1S/C11H20N4O2/c1-5-9(6-10(16)17)15-11(12-13-14-15)8(4)7(2)3/h7-9H,5-6H2,1-4H3,(H,16,17). The number of nitrogens with zero attached hydrogens (tertiary/aromatic N) is 4. The van der Waals surface area contributed by atoms with E-state index in [-0.39, 0.29) is 18.4 Å². The van der Waals surface area contributed by atoms with E-state index in [1.165, 1.54) is 0 Å². The summed E-state index contributed by atoms with van der Waals surface area (Å²) < 4.78 is 1.67. The molecular weight excluding hydrogens is 220 g/mol. The van der Waals surface area contributed by atoms with Crippen molar-refractivity contribution < 1.29 is 9.90 Å². The van der Waals surface area contributed by atoms with Crippen LogP contribution in [0.15, 0.2) is 0 Å². The molecule has 1 aromatic rings. The minimum Gasteiger partial charge on any atom is -0.481 e. The largest absolute Gasteiger partial charge is 0.481 e. The van der Waals surface area contributed by atoms with Crippen molar-refractivity contribution in [2.75, 3.05) is 0 Å². The van der Waals surface area contributed by atoms with Crippen LogP contribution in [0.25, 0.3) is 0 Å². The molecule has 0 saturated carbocycles. The van der Waals surface area contributed by atoms with Crippen molar-refractivity contribution in [2.45, 2.75) is 52.5 Å². The maximum Gasteiger partial charge on any atom is 0.305 e. The molecule has 0 saturated heterocycles. The molecule has 0 aliphatic heterocycles. The van der Waals surface area contributed by atoms with Gasteiger partial charge in [-0.05, 0) is 22.8 Å². The molecule has 0 bridgehead atoms. The molecular formula is C11H20N4O2. The average Bonchev–Trinajstić information content (AvgIpc) is 2.72. The predicted octanol–water partition coefficient (Wildman–Crippen LogP) is 1.86. The summed E-state index contributed by atoms with van der Waals surface area (Å²) in [7, 11) is 0. The summed E-state index contributed by atoms with van der Waals surface area (Å²) in [4.78, 5) is 10.8. The quantitative estimate of drug-likeness (QED) is 0.820. The number of hydrogen-bond donors (Lipinski definition) is 1. The summed E-state index contributed by atoms with van der Waals surface area (Å²) in [5.41, 5.74) is 0. The van der Waals surface area contributed by atoms with Gasteiger partial charge in [-0.2, -0.15) is 0 Å². The van der Waals surface area contributed by atoms with Crippen molar-refractivity contribution in [3.05, 3.63) is 5.82 Å². The molecule has 2 atom stereocenters. The van der Waals surface area contributed by atoms with E-state index in [1.807, 2.05) is 6.92 Å². The second-order valence-electron chi connectivity index (χ2n) is 4.67. The van der Waals surface area contributed by atoms with Crippen LogP contribution in [-0.2, 0) is 4.79 Å². The molecule has 2 unspecified atom stereocenters. The summed E-state index contributed by atoms with van der Waals surface area (Å²) >= 11 is 0. The number of carboxylic acids is 1. The lowest BCUT2D eigenvalue weighted by Crippen LogP contribution is -2.19. The Labute approximate surface area is 101 Å². The second-order valence-corrected chi connectivity index (χ2v) is 4.67. The lowest BCUT2D eigenvalue weighted by atomic mass is 9.97. The molecule has 1 rings (SSSR count). The van der Waals surface area contributed by atoms with Crippen molar-refractivity contribution in [3.8, 4) is 0 Å². The van der Waals surface area contributed by atoms with E-state index in [2.05, 4.69) is 36.3 Å². The smallest absolute Gasteiger partial charge is 0.305 e. The van der Waals surface area contributed by atoms with Crippen LogP contribution in [-0.4, -0.2) is 31.3 Å². The molecule has 6 heteroatoms. The van der Waals surface area contributed by atoms with Gasteiger partial charge in [-0.15, -0.1) is 5.10 Å². The molecule has 0 spiro atoms. The highest BCUT2D eigenvalue weighted by atomic mass is 16.4. The van der Waals surface area contributed by atoms with Crippen molar-refractivity contribution in [2.24, 2.45) is 5.92 Å². The molecule has 6 nitrogen and oxygen atoms in total. The number of hydrogen-bond acceptors (Lipinski definition) is 4. The van der Waals surface area contributed by atoms with Crippen molar-refractivity contribution >= 4 is 5.97 Å². The first kappa shape index (κ1) is 13.6. The number of carboxylic acid groups (broad SMARTS) is 1. The van der Waals surface area contributed by atoms with Crippen LogP contribution in [0.4, 0.5) is 0 Å².